The number of pyridine rings is 1. The van der Waals surface area contributed by atoms with Gasteiger partial charge in [-0.25, -0.2) is 9.97 Å². The van der Waals surface area contributed by atoms with Crippen LogP contribution in [0.5, 0.6) is 0 Å². The van der Waals surface area contributed by atoms with Crippen LogP contribution in [0.25, 0.3) is 5.65 Å². The van der Waals surface area contributed by atoms with Gasteiger partial charge in [0, 0.05) is 35.8 Å². The smallest absolute Gasteiger partial charge is 0.229 e. The molecule has 1 saturated carbocycles. The van der Waals surface area contributed by atoms with Gasteiger partial charge in [-0.2, -0.15) is 4.98 Å². The van der Waals surface area contributed by atoms with Crippen LogP contribution in [0.2, 0.25) is 5.02 Å². The summed E-state index contributed by atoms with van der Waals surface area (Å²) in [7, 11) is 0. The summed E-state index contributed by atoms with van der Waals surface area (Å²) in [6.07, 6.45) is 7.95. The third-order valence-electron chi connectivity index (χ3n) is 3.56. The maximum atomic E-state index is 5.81. The van der Waals surface area contributed by atoms with Gasteiger partial charge in [-0.3, -0.25) is 0 Å². The molecule has 7 heteroatoms. The molecule has 3 heterocycles. The monoisotopic (exact) mass is 300 g/mol. The van der Waals surface area contributed by atoms with Crippen LogP contribution in [0, 0.1) is 0 Å². The van der Waals surface area contributed by atoms with Crippen molar-refractivity contribution in [3.8, 4) is 0 Å². The average molecular weight is 301 g/mol. The van der Waals surface area contributed by atoms with E-state index in [9.17, 15) is 0 Å². The van der Waals surface area contributed by atoms with Gasteiger partial charge in [0.1, 0.15) is 16.5 Å². The van der Waals surface area contributed by atoms with E-state index in [0.717, 1.165) is 11.3 Å². The van der Waals surface area contributed by atoms with Crippen molar-refractivity contribution in [1.29, 1.82) is 0 Å². The van der Waals surface area contributed by atoms with E-state index in [4.69, 9.17) is 17.3 Å². The lowest BCUT2D eigenvalue weighted by molar-refractivity contribution is 0.983. The Labute approximate surface area is 126 Å². The Morgan fingerprint density at radius 1 is 1.29 bits per heavy atom. The van der Waals surface area contributed by atoms with E-state index < -0.39 is 0 Å². The predicted octanol–water partition coefficient (Wildman–Crippen LogP) is 2.98. The molecule has 6 nitrogen and oxygen atoms in total. The van der Waals surface area contributed by atoms with E-state index in [-0.39, 0.29) is 5.82 Å². The number of imidazole rings is 1. The summed E-state index contributed by atoms with van der Waals surface area (Å²) in [5.41, 5.74) is 8.71. The molecule has 3 N–H and O–H groups in total. The van der Waals surface area contributed by atoms with Crippen LogP contribution >= 0.6 is 11.6 Å². The van der Waals surface area contributed by atoms with E-state index in [2.05, 4.69) is 24.7 Å². The molecule has 3 aromatic rings. The van der Waals surface area contributed by atoms with Crippen molar-refractivity contribution in [2.45, 2.75) is 18.8 Å². The van der Waals surface area contributed by atoms with Crippen LogP contribution in [0.15, 0.2) is 30.7 Å². The zero-order chi connectivity index (χ0) is 14.4. The Bertz CT molecular complexity index is 823. The van der Waals surface area contributed by atoms with E-state index in [1.54, 1.807) is 0 Å². The van der Waals surface area contributed by atoms with Crippen LogP contribution in [0.4, 0.5) is 17.5 Å². The summed E-state index contributed by atoms with van der Waals surface area (Å²) < 4.78 is 2.12. The Morgan fingerprint density at radius 2 is 2.14 bits per heavy atom. The number of aromatic nitrogens is 4. The highest BCUT2D eigenvalue weighted by Gasteiger charge is 2.26. The molecule has 0 aromatic carbocycles. The first-order valence-corrected chi connectivity index (χ1v) is 7.10. The van der Waals surface area contributed by atoms with Gasteiger partial charge in [0.05, 0.1) is 6.20 Å². The topological polar surface area (TPSA) is 81.1 Å². The Balaban J connectivity index is 1.65. The van der Waals surface area contributed by atoms with Crippen molar-refractivity contribution < 1.29 is 0 Å². The second-order valence-corrected chi connectivity index (χ2v) is 5.56. The van der Waals surface area contributed by atoms with Crippen molar-refractivity contribution in [3.05, 3.63) is 41.4 Å². The third-order valence-corrected chi connectivity index (χ3v) is 3.86. The maximum Gasteiger partial charge on any atom is 0.229 e. The highest BCUT2D eigenvalue weighted by Crippen LogP contribution is 2.40. The molecule has 0 saturated heterocycles. The highest BCUT2D eigenvalue weighted by molar-refractivity contribution is 6.32. The van der Waals surface area contributed by atoms with Gasteiger partial charge >= 0.3 is 0 Å². The molecule has 0 amide bonds. The van der Waals surface area contributed by atoms with Gasteiger partial charge in [0.15, 0.2) is 0 Å². The summed E-state index contributed by atoms with van der Waals surface area (Å²) in [4.78, 5) is 12.6. The number of nitrogens with two attached hydrogens (primary N) is 1. The second kappa shape index (κ2) is 4.60. The van der Waals surface area contributed by atoms with E-state index in [1.165, 1.54) is 24.7 Å². The van der Waals surface area contributed by atoms with Crippen molar-refractivity contribution >= 4 is 34.7 Å². The maximum absolute atomic E-state index is 5.81. The average Bonchev–Trinajstić information content (AvgIpc) is 3.23. The van der Waals surface area contributed by atoms with E-state index in [1.807, 2.05) is 24.5 Å². The largest absolute Gasteiger partial charge is 0.382 e. The van der Waals surface area contributed by atoms with Gasteiger partial charge in [0.25, 0.3) is 0 Å². The summed E-state index contributed by atoms with van der Waals surface area (Å²) in [6.45, 7) is 0. The first kappa shape index (κ1) is 12.4. The van der Waals surface area contributed by atoms with Gasteiger partial charge in [-0.05, 0) is 18.9 Å². The molecule has 0 radical (unpaired) electrons. The van der Waals surface area contributed by atoms with Gasteiger partial charge < -0.3 is 15.5 Å². The van der Waals surface area contributed by atoms with E-state index in [0.29, 0.717) is 16.9 Å². The number of hydrogen-bond acceptors (Lipinski definition) is 5. The fourth-order valence-corrected chi connectivity index (χ4v) is 2.42. The molecule has 0 spiro atoms. The molecule has 1 aliphatic carbocycles. The quantitative estimate of drug-likeness (QED) is 0.777. The summed E-state index contributed by atoms with van der Waals surface area (Å²) >= 11 is 5.81. The Kier molecular flexibility index (Phi) is 2.71. The minimum atomic E-state index is 0.257. The summed E-state index contributed by atoms with van der Waals surface area (Å²) in [5, 5.41) is 3.45. The minimum Gasteiger partial charge on any atom is -0.382 e. The lowest BCUT2D eigenvalue weighted by atomic mass is 10.3. The van der Waals surface area contributed by atoms with Crippen LogP contribution in [-0.2, 0) is 0 Å². The Hall–Kier alpha value is -2.34. The predicted molar refractivity (Wildman–Crippen MR) is 81.9 cm³/mol. The fraction of sp³-hybridized carbons (Fsp3) is 0.214. The third kappa shape index (κ3) is 2.27. The molecular formula is C14H13ClN6. The van der Waals surface area contributed by atoms with Gasteiger partial charge in [-0.15, -0.1) is 0 Å². The lowest BCUT2D eigenvalue weighted by Crippen LogP contribution is -2.01. The zero-order valence-corrected chi connectivity index (χ0v) is 11.9. The highest BCUT2D eigenvalue weighted by atomic mass is 35.5. The second-order valence-electron chi connectivity index (χ2n) is 5.15. The molecule has 106 valence electrons. The van der Waals surface area contributed by atoms with Crippen LogP contribution in [0.1, 0.15) is 24.5 Å². The van der Waals surface area contributed by atoms with E-state index >= 15 is 0 Å². The van der Waals surface area contributed by atoms with Crippen molar-refractivity contribution in [1.82, 2.24) is 19.4 Å². The van der Waals surface area contributed by atoms with Crippen LogP contribution < -0.4 is 11.1 Å². The van der Waals surface area contributed by atoms with Crippen LogP contribution in [0.3, 0.4) is 0 Å². The Morgan fingerprint density at radius 3 is 2.90 bits per heavy atom. The summed E-state index contributed by atoms with van der Waals surface area (Å²) in [5.74, 6) is 1.33. The molecule has 0 aliphatic heterocycles. The normalized spacial score (nSPS) is 14.5. The van der Waals surface area contributed by atoms with Crippen molar-refractivity contribution in [2.75, 3.05) is 11.1 Å². The fourth-order valence-electron chi connectivity index (χ4n) is 2.33. The molecule has 1 fully saturated rings. The number of rotatable bonds is 3. The minimum absolute atomic E-state index is 0.257. The molecule has 4 rings (SSSR count). The van der Waals surface area contributed by atoms with Crippen molar-refractivity contribution in [3.63, 3.8) is 0 Å². The van der Waals surface area contributed by atoms with Crippen LogP contribution in [-0.4, -0.2) is 19.4 Å². The molecule has 0 unspecified atom stereocenters. The first-order valence-electron chi connectivity index (χ1n) is 6.73. The first-order chi connectivity index (χ1) is 10.2. The van der Waals surface area contributed by atoms with Gasteiger partial charge in [-0.1, -0.05) is 11.6 Å². The number of halogens is 1. The molecule has 0 bridgehead atoms. The molecule has 3 aromatic heterocycles. The SMILES string of the molecule is Nc1nc(Nc2ccn3c(C4CC4)cnc3c2)ncc1Cl. The van der Waals surface area contributed by atoms with Gasteiger partial charge in [0.2, 0.25) is 5.95 Å². The number of hydrogen-bond donors (Lipinski definition) is 2. The number of fused-ring (bicyclic) bond motifs is 1. The zero-order valence-electron chi connectivity index (χ0n) is 11.1. The standard InChI is InChI=1S/C14H13ClN6/c15-10-6-18-14(20-13(10)16)19-9-3-4-21-11(8-1-2-8)7-17-12(21)5-9/h3-8H,1-2H2,(H3,16,18,19,20). The molecule has 1 aliphatic rings. The summed E-state index contributed by atoms with van der Waals surface area (Å²) in [6, 6.07) is 3.93. The lowest BCUT2D eigenvalue weighted by Gasteiger charge is -2.07. The number of nitrogen functional groups attached to an aromatic ring is 1. The number of nitrogens with zero attached hydrogens (tertiary/aromatic N) is 4. The molecule has 21 heavy (non-hydrogen) atoms. The molecular weight excluding hydrogens is 288 g/mol. The molecule has 0 atom stereocenters. The number of anilines is 3. The van der Waals surface area contributed by atoms with Crippen molar-refractivity contribution in [2.24, 2.45) is 0 Å². The number of nitrogens with one attached hydrogen (secondary N) is 1.